The quantitative estimate of drug-likeness (QED) is 0.570. The van der Waals surface area contributed by atoms with Crippen molar-refractivity contribution in [3.8, 4) is 11.3 Å². The van der Waals surface area contributed by atoms with Crippen molar-refractivity contribution in [1.82, 2.24) is 15.0 Å². The van der Waals surface area contributed by atoms with Gasteiger partial charge in [-0.25, -0.2) is 0 Å². The summed E-state index contributed by atoms with van der Waals surface area (Å²) in [5.41, 5.74) is 2.75. The number of hydrogen-bond acceptors (Lipinski definition) is 7. The molecule has 0 bridgehead atoms. The number of benzene rings is 1. The third kappa shape index (κ3) is 3.33. The Labute approximate surface area is 138 Å². The second-order valence-corrected chi connectivity index (χ2v) is 6.09. The normalized spacial score (nSPS) is 28.2. The minimum Gasteiger partial charge on any atom is -0.394 e. The summed E-state index contributed by atoms with van der Waals surface area (Å²) < 4.78 is 6.68. The Morgan fingerprint density at radius 3 is 2.62 bits per heavy atom. The first-order chi connectivity index (χ1) is 11.5. The van der Waals surface area contributed by atoms with Crippen LogP contribution in [0, 0.1) is 12.8 Å². The molecule has 130 valence electrons. The van der Waals surface area contributed by atoms with Crippen molar-refractivity contribution < 1.29 is 25.2 Å². The molecule has 1 aromatic carbocycles. The summed E-state index contributed by atoms with van der Waals surface area (Å²) >= 11 is 0. The summed E-state index contributed by atoms with van der Waals surface area (Å²) in [6, 6.07) is 7.85. The lowest BCUT2D eigenvalue weighted by molar-refractivity contribution is -0.149. The fraction of sp³-hybridized carbons (Fsp3) is 0.500. The topological polar surface area (TPSA) is 121 Å². The molecule has 8 heteroatoms. The number of rotatable bonds is 5. The van der Waals surface area contributed by atoms with E-state index < -0.39 is 37.1 Å². The molecule has 5 atom stereocenters. The molecule has 1 saturated heterocycles. The first-order valence-electron chi connectivity index (χ1n) is 7.77. The molecule has 0 aliphatic carbocycles. The molecule has 1 fully saturated rings. The molecule has 1 aliphatic rings. The number of aromatic nitrogens is 3. The van der Waals surface area contributed by atoms with Crippen molar-refractivity contribution in [2.75, 3.05) is 6.61 Å². The van der Waals surface area contributed by atoms with E-state index >= 15 is 0 Å². The summed E-state index contributed by atoms with van der Waals surface area (Å²) in [6.45, 7) is 1.67. The SMILES string of the molecule is Cc1ccc(-c2cn(C[C@H]3[C@@H](O)[C@H](O)O[C@@H]3[C@H](O)CO)nn2)cc1. The van der Waals surface area contributed by atoms with E-state index in [9.17, 15) is 15.3 Å². The Balaban J connectivity index is 1.76. The largest absolute Gasteiger partial charge is 0.394 e. The Kier molecular flexibility index (Phi) is 4.93. The van der Waals surface area contributed by atoms with Crippen LogP contribution in [-0.2, 0) is 11.3 Å². The monoisotopic (exact) mass is 335 g/mol. The van der Waals surface area contributed by atoms with Crippen LogP contribution in [0.1, 0.15) is 5.56 Å². The van der Waals surface area contributed by atoms with Gasteiger partial charge in [0.1, 0.15) is 17.9 Å². The molecule has 1 aliphatic heterocycles. The Morgan fingerprint density at radius 2 is 1.96 bits per heavy atom. The van der Waals surface area contributed by atoms with Crippen LogP contribution >= 0.6 is 0 Å². The second kappa shape index (κ2) is 6.96. The minimum atomic E-state index is -1.40. The van der Waals surface area contributed by atoms with E-state index in [1.54, 1.807) is 6.20 Å². The molecule has 2 heterocycles. The van der Waals surface area contributed by atoms with Gasteiger partial charge in [-0.05, 0) is 6.92 Å². The van der Waals surface area contributed by atoms with Crippen LogP contribution in [0.15, 0.2) is 30.5 Å². The zero-order chi connectivity index (χ0) is 17.3. The second-order valence-electron chi connectivity index (χ2n) is 6.09. The van der Waals surface area contributed by atoms with Crippen LogP contribution in [0.3, 0.4) is 0 Å². The van der Waals surface area contributed by atoms with Gasteiger partial charge < -0.3 is 25.2 Å². The van der Waals surface area contributed by atoms with Gasteiger partial charge in [-0.3, -0.25) is 4.68 Å². The summed E-state index contributed by atoms with van der Waals surface area (Å²) in [5.74, 6) is -0.616. The number of nitrogens with zero attached hydrogens (tertiary/aromatic N) is 3. The molecule has 0 unspecified atom stereocenters. The number of hydrogen-bond donors (Lipinski definition) is 4. The lowest BCUT2D eigenvalue weighted by atomic mass is 9.95. The summed E-state index contributed by atoms with van der Waals surface area (Å²) in [5, 5.41) is 46.8. The van der Waals surface area contributed by atoms with Crippen molar-refractivity contribution in [2.24, 2.45) is 5.92 Å². The maximum Gasteiger partial charge on any atom is 0.181 e. The molecule has 1 aromatic heterocycles. The molecule has 2 aromatic rings. The fourth-order valence-electron chi connectivity index (χ4n) is 2.90. The van der Waals surface area contributed by atoms with E-state index in [-0.39, 0.29) is 6.54 Å². The zero-order valence-corrected chi connectivity index (χ0v) is 13.2. The lowest BCUT2D eigenvalue weighted by Crippen LogP contribution is -2.38. The Bertz CT molecular complexity index is 675. The third-order valence-corrected chi connectivity index (χ3v) is 4.30. The molecular formula is C16H21N3O5. The molecule has 4 N–H and O–H groups in total. The zero-order valence-electron chi connectivity index (χ0n) is 13.2. The van der Waals surface area contributed by atoms with Crippen molar-refractivity contribution in [3.63, 3.8) is 0 Å². The molecule has 0 saturated carbocycles. The summed E-state index contributed by atoms with van der Waals surface area (Å²) in [6.07, 6.45) is -2.93. The molecule has 8 nitrogen and oxygen atoms in total. The predicted molar refractivity (Wildman–Crippen MR) is 83.7 cm³/mol. The molecule has 0 amide bonds. The number of ether oxygens (including phenoxy) is 1. The van der Waals surface area contributed by atoms with Gasteiger partial charge in [0.2, 0.25) is 0 Å². The van der Waals surface area contributed by atoms with Gasteiger partial charge in [0.05, 0.1) is 25.5 Å². The number of aryl methyl sites for hydroxylation is 1. The van der Waals surface area contributed by atoms with Crippen LogP contribution in [0.25, 0.3) is 11.3 Å². The van der Waals surface area contributed by atoms with Gasteiger partial charge in [0.15, 0.2) is 6.29 Å². The molecular weight excluding hydrogens is 314 g/mol. The van der Waals surface area contributed by atoms with Crippen LogP contribution in [-0.4, -0.2) is 66.6 Å². The van der Waals surface area contributed by atoms with Crippen LogP contribution in [0.4, 0.5) is 0 Å². The van der Waals surface area contributed by atoms with Gasteiger partial charge in [-0.15, -0.1) is 5.10 Å². The highest BCUT2D eigenvalue weighted by atomic mass is 16.6. The van der Waals surface area contributed by atoms with Crippen LogP contribution in [0.5, 0.6) is 0 Å². The molecule has 24 heavy (non-hydrogen) atoms. The van der Waals surface area contributed by atoms with Gasteiger partial charge in [-0.1, -0.05) is 35.0 Å². The maximum atomic E-state index is 10.1. The van der Waals surface area contributed by atoms with E-state index in [2.05, 4.69) is 10.3 Å². The molecule has 3 rings (SSSR count). The fourth-order valence-corrected chi connectivity index (χ4v) is 2.90. The van der Waals surface area contributed by atoms with E-state index in [1.807, 2.05) is 31.2 Å². The highest BCUT2D eigenvalue weighted by Gasteiger charge is 2.46. The van der Waals surface area contributed by atoms with Gasteiger partial charge in [0, 0.05) is 11.5 Å². The summed E-state index contributed by atoms with van der Waals surface area (Å²) in [7, 11) is 0. The maximum absolute atomic E-state index is 10.1. The van der Waals surface area contributed by atoms with Gasteiger partial charge in [-0.2, -0.15) is 0 Å². The van der Waals surface area contributed by atoms with Crippen LogP contribution in [0.2, 0.25) is 0 Å². The lowest BCUT2D eigenvalue weighted by Gasteiger charge is -2.22. The Morgan fingerprint density at radius 1 is 1.25 bits per heavy atom. The average Bonchev–Trinajstić information content (AvgIpc) is 3.15. The van der Waals surface area contributed by atoms with Gasteiger partial charge in [0.25, 0.3) is 0 Å². The van der Waals surface area contributed by atoms with E-state index in [0.717, 1.165) is 11.1 Å². The highest BCUT2D eigenvalue weighted by molar-refractivity contribution is 5.57. The van der Waals surface area contributed by atoms with Gasteiger partial charge >= 0.3 is 0 Å². The number of aliphatic hydroxyl groups excluding tert-OH is 4. The number of aliphatic hydroxyl groups is 4. The van der Waals surface area contributed by atoms with E-state index in [1.165, 1.54) is 4.68 Å². The first-order valence-corrected chi connectivity index (χ1v) is 7.77. The van der Waals surface area contributed by atoms with Crippen molar-refractivity contribution >= 4 is 0 Å². The van der Waals surface area contributed by atoms with Crippen molar-refractivity contribution in [1.29, 1.82) is 0 Å². The first kappa shape index (κ1) is 17.0. The smallest absolute Gasteiger partial charge is 0.181 e. The van der Waals surface area contributed by atoms with Crippen molar-refractivity contribution in [2.45, 2.75) is 38.1 Å². The van der Waals surface area contributed by atoms with E-state index in [4.69, 9.17) is 9.84 Å². The summed E-state index contributed by atoms with van der Waals surface area (Å²) in [4.78, 5) is 0. The van der Waals surface area contributed by atoms with E-state index in [0.29, 0.717) is 5.69 Å². The molecule has 0 spiro atoms. The minimum absolute atomic E-state index is 0.193. The molecule has 0 radical (unpaired) electrons. The predicted octanol–water partition coefficient (Wildman–Crippen LogP) is -0.699. The van der Waals surface area contributed by atoms with Crippen molar-refractivity contribution in [3.05, 3.63) is 36.0 Å². The average molecular weight is 335 g/mol. The Hall–Kier alpha value is -1.84. The highest BCUT2D eigenvalue weighted by Crippen LogP contribution is 2.30. The standard InChI is InChI=1S/C16H21N3O5/c1-9-2-4-10(5-3-9)12-7-19(18-17-12)6-11-14(22)16(23)24-15(11)13(21)8-20/h2-5,7,11,13-16,20-23H,6,8H2,1H3/t11-,13+,14+,15-,16+/m0/s1. The van der Waals surface area contributed by atoms with Crippen LogP contribution < -0.4 is 0 Å². The third-order valence-electron chi connectivity index (χ3n) is 4.30.